The molecule has 0 aliphatic rings. The van der Waals surface area contributed by atoms with Gasteiger partial charge in [-0.05, 0) is 45.8 Å². The van der Waals surface area contributed by atoms with Gasteiger partial charge in [0.05, 0.1) is 11.5 Å². The first kappa shape index (κ1) is 14.0. The molecule has 0 saturated carbocycles. The lowest BCUT2D eigenvalue weighted by Crippen LogP contribution is -2.13. The summed E-state index contributed by atoms with van der Waals surface area (Å²) >= 11 is 3.22. The number of hydrogen-bond acceptors (Lipinski definition) is 4. The largest absolute Gasteiger partial charge is 0.392 e. The first-order chi connectivity index (χ1) is 9.01. The Hall–Kier alpha value is -1.44. The van der Waals surface area contributed by atoms with Gasteiger partial charge < -0.3 is 5.11 Å². The Morgan fingerprint density at radius 2 is 1.84 bits per heavy atom. The normalized spacial score (nSPS) is 11.3. The molecule has 1 heterocycles. The lowest BCUT2D eigenvalue weighted by Gasteiger charge is -2.07. The first-order valence-corrected chi connectivity index (χ1v) is 7.63. The number of hydrogen-bond donors (Lipinski definition) is 2. The van der Waals surface area contributed by atoms with E-state index in [-0.39, 0.29) is 17.3 Å². The lowest BCUT2D eigenvalue weighted by atomic mass is 10.2. The quantitative estimate of drug-likeness (QED) is 0.891. The predicted molar refractivity (Wildman–Crippen MR) is 75.1 cm³/mol. The number of sulfonamides is 1. The number of anilines is 1. The van der Waals surface area contributed by atoms with Crippen LogP contribution in [0, 0.1) is 0 Å². The van der Waals surface area contributed by atoms with Crippen LogP contribution in [0.2, 0.25) is 0 Å². The minimum absolute atomic E-state index is 0.120. The molecule has 1 aromatic carbocycles. The van der Waals surface area contributed by atoms with Crippen LogP contribution in [0.5, 0.6) is 0 Å². The third-order valence-corrected chi connectivity index (χ3v) is 4.22. The minimum atomic E-state index is -3.66. The van der Waals surface area contributed by atoms with Crippen molar-refractivity contribution in [2.45, 2.75) is 11.5 Å². The monoisotopic (exact) mass is 342 g/mol. The fraction of sp³-hybridized carbons (Fsp3) is 0.0833. The van der Waals surface area contributed by atoms with E-state index >= 15 is 0 Å². The molecular weight excluding hydrogens is 332 g/mol. The van der Waals surface area contributed by atoms with E-state index in [2.05, 4.69) is 25.6 Å². The Bertz CT molecular complexity index is 654. The number of nitrogens with zero attached hydrogens (tertiary/aromatic N) is 1. The summed E-state index contributed by atoms with van der Waals surface area (Å²) in [5.74, 6) is 0.245. The van der Waals surface area contributed by atoms with Gasteiger partial charge in [-0.25, -0.2) is 13.4 Å². The van der Waals surface area contributed by atoms with Crippen LogP contribution in [0.1, 0.15) is 5.56 Å². The first-order valence-electron chi connectivity index (χ1n) is 5.35. The maximum atomic E-state index is 12.1. The summed E-state index contributed by atoms with van der Waals surface area (Å²) in [4.78, 5) is 4.07. The molecule has 2 rings (SSSR count). The van der Waals surface area contributed by atoms with Crippen molar-refractivity contribution >= 4 is 31.8 Å². The highest BCUT2D eigenvalue weighted by Crippen LogP contribution is 2.16. The van der Waals surface area contributed by atoms with Gasteiger partial charge in [-0.15, -0.1) is 0 Å². The molecule has 1 aromatic heterocycles. The highest BCUT2D eigenvalue weighted by Gasteiger charge is 2.14. The molecular formula is C12H11BrN2O3S. The summed E-state index contributed by atoms with van der Waals surface area (Å²) in [7, 11) is -3.66. The van der Waals surface area contributed by atoms with Crippen LogP contribution >= 0.6 is 15.9 Å². The van der Waals surface area contributed by atoms with Crippen molar-refractivity contribution in [1.82, 2.24) is 4.98 Å². The van der Waals surface area contributed by atoms with Crippen LogP contribution < -0.4 is 4.72 Å². The maximum absolute atomic E-state index is 12.1. The number of aromatic nitrogens is 1. The number of nitrogens with one attached hydrogen (secondary N) is 1. The number of halogens is 1. The number of aliphatic hydroxyl groups is 1. The highest BCUT2D eigenvalue weighted by atomic mass is 79.9. The SMILES string of the molecule is O=S(=O)(Nc1ccc(Br)cn1)c1ccc(CO)cc1. The molecule has 0 amide bonds. The van der Waals surface area contributed by atoms with Crippen LogP contribution in [0.4, 0.5) is 5.82 Å². The third-order valence-electron chi connectivity index (χ3n) is 2.38. The molecule has 0 aliphatic heterocycles. The summed E-state index contributed by atoms with van der Waals surface area (Å²) in [5, 5.41) is 8.91. The van der Waals surface area contributed by atoms with E-state index in [1.54, 1.807) is 24.3 Å². The number of benzene rings is 1. The molecule has 19 heavy (non-hydrogen) atoms. The molecule has 0 aliphatic carbocycles. The van der Waals surface area contributed by atoms with E-state index in [0.717, 1.165) is 4.47 Å². The van der Waals surface area contributed by atoms with E-state index in [9.17, 15) is 8.42 Å². The molecule has 0 fully saturated rings. The molecule has 0 atom stereocenters. The van der Waals surface area contributed by atoms with Gasteiger partial charge in [0.25, 0.3) is 10.0 Å². The summed E-state index contributed by atoms with van der Waals surface area (Å²) in [6.07, 6.45) is 1.51. The molecule has 0 saturated heterocycles. The van der Waals surface area contributed by atoms with Crippen molar-refractivity contribution in [2.75, 3.05) is 4.72 Å². The zero-order chi connectivity index (χ0) is 13.9. The van der Waals surface area contributed by atoms with E-state index in [4.69, 9.17) is 5.11 Å². The van der Waals surface area contributed by atoms with Crippen molar-refractivity contribution in [3.05, 3.63) is 52.6 Å². The van der Waals surface area contributed by atoms with Gasteiger partial charge in [-0.1, -0.05) is 12.1 Å². The second-order valence-corrected chi connectivity index (χ2v) is 6.37. The number of aliphatic hydroxyl groups excluding tert-OH is 1. The van der Waals surface area contributed by atoms with Gasteiger partial charge in [-0.3, -0.25) is 4.72 Å². The number of rotatable bonds is 4. The van der Waals surface area contributed by atoms with E-state index in [1.165, 1.54) is 18.3 Å². The van der Waals surface area contributed by atoms with E-state index in [1.807, 2.05) is 0 Å². The Labute approximate surface area is 119 Å². The van der Waals surface area contributed by atoms with Crippen molar-refractivity contribution in [3.63, 3.8) is 0 Å². The maximum Gasteiger partial charge on any atom is 0.263 e. The van der Waals surface area contributed by atoms with Gasteiger partial charge in [0.2, 0.25) is 0 Å². The Kier molecular flexibility index (Phi) is 4.18. The van der Waals surface area contributed by atoms with Crippen molar-refractivity contribution in [1.29, 1.82) is 0 Å². The summed E-state index contributed by atoms with van der Waals surface area (Å²) < 4.78 is 27.3. The van der Waals surface area contributed by atoms with Crippen LogP contribution in [-0.2, 0) is 16.6 Å². The Morgan fingerprint density at radius 3 is 2.37 bits per heavy atom. The predicted octanol–water partition coefficient (Wildman–Crippen LogP) is 2.14. The van der Waals surface area contributed by atoms with Gasteiger partial charge in [0, 0.05) is 10.7 Å². The van der Waals surface area contributed by atoms with Gasteiger partial charge in [-0.2, -0.15) is 0 Å². The molecule has 2 aromatic rings. The van der Waals surface area contributed by atoms with Crippen LogP contribution in [0.25, 0.3) is 0 Å². The van der Waals surface area contributed by atoms with Crippen LogP contribution in [0.15, 0.2) is 52.0 Å². The molecule has 0 bridgehead atoms. The zero-order valence-electron chi connectivity index (χ0n) is 9.75. The van der Waals surface area contributed by atoms with Gasteiger partial charge in [0.15, 0.2) is 0 Å². The zero-order valence-corrected chi connectivity index (χ0v) is 12.1. The topological polar surface area (TPSA) is 79.3 Å². The molecule has 0 radical (unpaired) electrons. The molecule has 0 unspecified atom stereocenters. The lowest BCUT2D eigenvalue weighted by molar-refractivity contribution is 0.282. The van der Waals surface area contributed by atoms with Crippen molar-refractivity contribution < 1.29 is 13.5 Å². The molecule has 7 heteroatoms. The van der Waals surface area contributed by atoms with Crippen molar-refractivity contribution in [2.24, 2.45) is 0 Å². The fourth-order valence-electron chi connectivity index (χ4n) is 1.41. The average Bonchev–Trinajstić information content (AvgIpc) is 2.41. The van der Waals surface area contributed by atoms with E-state index in [0.29, 0.717) is 5.56 Å². The summed E-state index contributed by atoms with van der Waals surface area (Å²) in [6, 6.07) is 9.25. The summed E-state index contributed by atoms with van der Waals surface area (Å²) in [5.41, 5.74) is 0.653. The second kappa shape index (κ2) is 5.68. The smallest absolute Gasteiger partial charge is 0.263 e. The summed E-state index contributed by atoms with van der Waals surface area (Å²) in [6.45, 7) is -0.123. The van der Waals surface area contributed by atoms with Crippen molar-refractivity contribution in [3.8, 4) is 0 Å². The molecule has 0 spiro atoms. The van der Waals surface area contributed by atoms with Crippen LogP contribution in [-0.4, -0.2) is 18.5 Å². The minimum Gasteiger partial charge on any atom is -0.392 e. The second-order valence-electron chi connectivity index (χ2n) is 3.77. The Balaban J connectivity index is 2.24. The number of pyridine rings is 1. The third kappa shape index (κ3) is 3.52. The van der Waals surface area contributed by atoms with Gasteiger partial charge >= 0.3 is 0 Å². The molecule has 5 nitrogen and oxygen atoms in total. The fourth-order valence-corrected chi connectivity index (χ4v) is 2.65. The van der Waals surface area contributed by atoms with Crippen LogP contribution in [0.3, 0.4) is 0 Å². The average molecular weight is 343 g/mol. The highest BCUT2D eigenvalue weighted by molar-refractivity contribution is 9.10. The molecule has 100 valence electrons. The Morgan fingerprint density at radius 1 is 1.16 bits per heavy atom. The van der Waals surface area contributed by atoms with Gasteiger partial charge in [0.1, 0.15) is 5.82 Å². The molecule has 2 N–H and O–H groups in total. The standard InChI is InChI=1S/C12H11BrN2O3S/c13-10-3-6-12(14-7-10)15-19(17,18)11-4-1-9(8-16)2-5-11/h1-7,16H,8H2,(H,14,15). The van der Waals surface area contributed by atoms with E-state index < -0.39 is 10.0 Å².